The molecule has 4 aliphatic rings. The second kappa shape index (κ2) is 9.21. The predicted molar refractivity (Wildman–Crippen MR) is 125 cm³/mol. The number of nitrogens with one attached hydrogen (secondary N) is 3. The lowest BCUT2D eigenvalue weighted by Crippen LogP contribution is -2.70. The fourth-order valence-electron chi connectivity index (χ4n) is 6.56. The van der Waals surface area contributed by atoms with Gasteiger partial charge in [-0.25, -0.2) is 4.79 Å². The van der Waals surface area contributed by atoms with Crippen LogP contribution in [0.5, 0.6) is 5.88 Å². The molecule has 0 radical (unpaired) electrons. The normalized spacial score (nSPS) is 28.9. The lowest BCUT2D eigenvalue weighted by atomic mass is 9.50. The van der Waals surface area contributed by atoms with Crippen LogP contribution in [-0.2, 0) is 0 Å². The van der Waals surface area contributed by atoms with Crippen LogP contribution in [0.2, 0.25) is 0 Å². The first kappa shape index (κ1) is 22.6. The molecule has 0 spiro atoms. The Hall–Kier alpha value is -3.20. The quantitative estimate of drug-likeness (QED) is 0.442. The van der Waals surface area contributed by atoms with Gasteiger partial charge in [0.25, 0.3) is 5.91 Å². The van der Waals surface area contributed by atoms with Crippen molar-refractivity contribution in [1.82, 2.24) is 20.6 Å². The number of aliphatic hydroxyl groups excluding tert-OH is 1. The van der Waals surface area contributed by atoms with Crippen LogP contribution >= 0.6 is 0 Å². The van der Waals surface area contributed by atoms with Crippen molar-refractivity contribution in [2.75, 3.05) is 18.5 Å². The third kappa shape index (κ3) is 4.84. The lowest BCUT2D eigenvalue weighted by Gasteiger charge is -2.61. The first-order valence-electron chi connectivity index (χ1n) is 12.0. The smallest absolute Gasteiger partial charge is 0.396 e. The Labute approximate surface area is 198 Å². The molecule has 9 nitrogen and oxygen atoms in total. The second-order valence-corrected chi connectivity index (χ2v) is 10.1. The molecule has 2 amide bonds. The van der Waals surface area contributed by atoms with E-state index in [1.165, 1.54) is 0 Å². The number of aliphatic hydroxyl groups is 1. The summed E-state index contributed by atoms with van der Waals surface area (Å²) in [6, 6.07) is 10.5. The van der Waals surface area contributed by atoms with E-state index in [0.29, 0.717) is 42.7 Å². The Balaban J connectivity index is 1.25. The summed E-state index contributed by atoms with van der Waals surface area (Å²) in [6.45, 7) is 0.677. The Morgan fingerprint density at radius 2 is 1.79 bits per heavy atom. The van der Waals surface area contributed by atoms with Crippen molar-refractivity contribution >= 4 is 17.8 Å². The van der Waals surface area contributed by atoms with Crippen molar-refractivity contribution in [3.05, 3.63) is 48.3 Å². The van der Waals surface area contributed by atoms with E-state index >= 15 is 0 Å². The van der Waals surface area contributed by atoms with E-state index in [1.54, 1.807) is 36.5 Å². The molecule has 4 N–H and O–H groups in total. The van der Waals surface area contributed by atoms with Crippen molar-refractivity contribution in [3.8, 4) is 5.88 Å². The maximum atomic E-state index is 12.9. The summed E-state index contributed by atoms with van der Waals surface area (Å²) in [5.41, 5.74) is -0.311. The van der Waals surface area contributed by atoms with Gasteiger partial charge in [0.1, 0.15) is 11.5 Å². The van der Waals surface area contributed by atoms with Gasteiger partial charge in [0.2, 0.25) is 5.88 Å². The second-order valence-electron chi connectivity index (χ2n) is 10.1. The van der Waals surface area contributed by atoms with Crippen LogP contribution in [-0.4, -0.2) is 51.3 Å². The van der Waals surface area contributed by atoms with Gasteiger partial charge in [-0.1, -0.05) is 12.1 Å². The molecule has 0 aliphatic heterocycles. The highest BCUT2D eigenvalue weighted by Crippen LogP contribution is 2.57. The summed E-state index contributed by atoms with van der Waals surface area (Å²) in [7, 11) is 0. The Kier molecular flexibility index (Phi) is 6.12. The Morgan fingerprint density at radius 3 is 2.50 bits per heavy atom. The number of carbonyl (C=O) groups is 2. The van der Waals surface area contributed by atoms with Gasteiger partial charge in [0.15, 0.2) is 0 Å². The third-order valence-electron chi connectivity index (χ3n) is 7.27. The molecular weight excluding hydrogens is 434 g/mol. The van der Waals surface area contributed by atoms with E-state index in [4.69, 9.17) is 9.84 Å². The number of pyridine rings is 2. The van der Waals surface area contributed by atoms with Gasteiger partial charge >= 0.3 is 6.09 Å². The van der Waals surface area contributed by atoms with Crippen molar-refractivity contribution in [3.63, 3.8) is 0 Å². The molecule has 2 atom stereocenters. The van der Waals surface area contributed by atoms with Crippen LogP contribution in [0.25, 0.3) is 0 Å². The van der Waals surface area contributed by atoms with Crippen molar-refractivity contribution < 1.29 is 19.4 Å². The van der Waals surface area contributed by atoms with Crippen LogP contribution in [0, 0.1) is 11.8 Å². The molecular formula is C25H31N5O4. The molecule has 2 aromatic heterocycles. The number of amides is 2. The highest BCUT2D eigenvalue weighted by atomic mass is 16.6. The molecule has 6 rings (SSSR count). The molecule has 0 aromatic carbocycles. The van der Waals surface area contributed by atoms with Gasteiger partial charge in [-0.05, 0) is 75.0 Å². The van der Waals surface area contributed by atoms with E-state index in [-0.39, 0.29) is 23.9 Å². The average Bonchev–Trinajstić information content (AvgIpc) is 2.78. The summed E-state index contributed by atoms with van der Waals surface area (Å²) in [5.74, 6) is 1.57. The highest BCUT2D eigenvalue weighted by molar-refractivity contribution is 5.92. The van der Waals surface area contributed by atoms with E-state index in [0.717, 1.165) is 32.1 Å². The fraction of sp³-hybridized carbons (Fsp3) is 0.520. The van der Waals surface area contributed by atoms with Gasteiger partial charge in [-0.15, -0.1) is 0 Å². The number of anilines is 1. The minimum atomic E-state index is -0.520. The summed E-state index contributed by atoms with van der Waals surface area (Å²) >= 11 is 0. The summed E-state index contributed by atoms with van der Waals surface area (Å²) in [4.78, 5) is 34.3. The van der Waals surface area contributed by atoms with Crippen LogP contribution in [0.1, 0.15) is 55.4 Å². The van der Waals surface area contributed by atoms with Crippen LogP contribution < -0.4 is 20.7 Å². The monoisotopic (exact) mass is 465 g/mol. The molecule has 2 aromatic rings. The minimum Gasteiger partial charge on any atom is -0.396 e. The number of ether oxygens (including phenoxy) is 1. The molecule has 9 heteroatoms. The number of carbonyl (C=O) groups excluding carboxylic acids is 2. The molecule has 4 bridgehead atoms. The molecule has 4 fully saturated rings. The standard InChI is InChI=1S/C25H31N5O4/c31-10-4-9-27-20-6-3-7-21(28-20)34-23(33)30-25-14-17-11-18(15-25)13-24(12-17,16-25)29-22(32)19-5-1-2-8-26-19/h1-3,5-8,17-18,31H,4,9-16H2,(H,27,28)(H,29,32)(H,30,33). The number of rotatable bonds is 8. The molecule has 4 aliphatic carbocycles. The van der Waals surface area contributed by atoms with E-state index < -0.39 is 11.6 Å². The number of hydrogen-bond donors (Lipinski definition) is 4. The van der Waals surface area contributed by atoms with E-state index in [9.17, 15) is 9.59 Å². The van der Waals surface area contributed by atoms with E-state index in [2.05, 4.69) is 25.9 Å². The zero-order valence-corrected chi connectivity index (χ0v) is 19.1. The Morgan fingerprint density at radius 1 is 1.03 bits per heavy atom. The molecule has 2 unspecified atom stereocenters. The average molecular weight is 466 g/mol. The van der Waals surface area contributed by atoms with Crippen LogP contribution in [0.4, 0.5) is 10.6 Å². The van der Waals surface area contributed by atoms with Gasteiger partial charge in [0, 0.05) is 36.5 Å². The van der Waals surface area contributed by atoms with Crippen molar-refractivity contribution in [1.29, 1.82) is 0 Å². The van der Waals surface area contributed by atoms with Gasteiger partial charge in [0.05, 0.1) is 0 Å². The third-order valence-corrected chi connectivity index (χ3v) is 7.27. The maximum Gasteiger partial charge on any atom is 0.414 e. The predicted octanol–water partition coefficient (Wildman–Crippen LogP) is 2.88. The summed E-state index contributed by atoms with van der Waals surface area (Å²) in [5, 5.41) is 18.5. The molecule has 180 valence electrons. The van der Waals surface area contributed by atoms with Gasteiger partial charge in [-0.3, -0.25) is 9.78 Å². The summed E-state index contributed by atoms with van der Waals surface area (Å²) in [6.07, 6.45) is 7.21. The van der Waals surface area contributed by atoms with Gasteiger partial charge in [-0.2, -0.15) is 4.98 Å². The SMILES string of the molecule is O=C(NC12CC3CC(C1)CC(NC(=O)c1ccccn1)(C3)C2)Oc1cccc(NCCCO)n1. The fourth-order valence-corrected chi connectivity index (χ4v) is 6.56. The first-order valence-corrected chi connectivity index (χ1v) is 12.0. The number of nitrogens with zero attached hydrogens (tertiary/aromatic N) is 2. The zero-order valence-electron chi connectivity index (χ0n) is 19.1. The zero-order chi connectivity index (χ0) is 23.6. The minimum absolute atomic E-state index is 0.0967. The largest absolute Gasteiger partial charge is 0.414 e. The topological polar surface area (TPSA) is 125 Å². The first-order chi connectivity index (χ1) is 16.5. The summed E-state index contributed by atoms with van der Waals surface area (Å²) < 4.78 is 5.54. The number of hydrogen-bond acceptors (Lipinski definition) is 7. The molecule has 2 heterocycles. The Bertz CT molecular complexity index is 1030. The molecule has 34 heavy (non-hydrogen) atoms. The van der Waals surface area contributed by atoms with E-state index in [1.807, 2.05) is 6.07 Å². The van der Waals surface area contributed by atoms with Crippen LogP contribution in [0.3, 0.4) is 0 Å². The van der Waals surface area contributed by atoms with Crippen molar-refractivity contribution in [2.45, 2.75) is 56.0 Å². The number of aromatic nitrogens is 2. The lowest BCUT2D eigenvalue weighted by molar-refractivity contribution is -0.0450. The molecule has 4 saturated carbocycles. The molecule has 0 saturated heterocycles. The highest BCUT2D eigenvalue weighted by Gasteiger charge is 2.59. The maximum absolute atomic E-state index is 12.9. The van der Waals surface area contributed by atoms with Crippen LogP contribution in [0.15, 0.2) is 42.6 Å². The van der Waals surface area contributed by atoms with Crippen molar-refractivity contribution in [2.24, 2.45) is 11.8 Å². The van der Waals surface area contributed by atoms with Gasteiger partial charge < -0.3 is 25.8 Å².